The Balaban J connectivity index is 1.46. The molecule has 0 fully saturated rings. The van der Waals surface area contributed by atoms with E-state index in [4.69, 9.17) is 4.74 Å². The Bertz CT molecular complexity index is 1020. The second kappa shape index (κ2) is 11.6. The van der Waals surface area contributed by atoms with Crippen LogP contribution in [0.3, 0.4) is 0 Å². The van der Waals surface area contributed by atoms with Crippen LogP contribution in [-0.2, 0) is 11.2 Å². The first kappa shape index (κ1) is 22.9. The summed E-state index contributed by atoms with van der Waals surface area (Å²) in [7, 11) is 3.41. The molecule has 3 aromatic rings. The number of aryl methyl sites for hydroxylation is 1. The molecule has 0 aromatic heterocycles. The van der Waals surface area contributed by atoms with Crippen LogP contribution < -0.4 is 15.4 Å². The number of nitrogens with one attached hydrogen (secondary N) is 2. The normalized spacial score (nSPS) is 10.3. The van der Waals surface area contributed by atoms with Crippen molar-refractivity contribution < 1.29 is 14.3 Å². The molecule has 0 saturated heterocycles. The van der Waals surface area contributed by atoms with E-state index in [1.807, 2.05) is 42.5 Å². The van der Waals surface area contributed by atoms with E-state index in [1.165, 1.54) is 10.5 Å². The minimum Gasteiger partial charge on any atom is -0.491 e. The highest BCUT2D eigenvalue weighted by Gasteiger charge is 2.09. The van der Waals surface area contributed by atoms with Gasteiger partial charge in [0, 0.05) is 25.3 Å². The minimum atomic E-state index is -0.185. The van der Waals surface area contributed by atoms with Gasteiger partial charge in [-0.1, -0.05) is 42.5 Å². The molecule has 0 aliphatic carbocycles. The molecule has 0 unspecified atom stereocenters. The van der Waals surface area contributed by atoms with Crippen molar-refractivity contribution in [1.82, 2.24) is 4.90 Å². The number of para-hydroxylation sites is 2. The van der Waals surface area contributed by atoms with Gasteiger partial charge in [-0.25, -0.2) is 0 Å². The first-order chi connectivity index (χ1) is 15.5. The predicted molar refractivity (Wildman–Crippen MR) is 128 cm³/mol. The van der Waals surface area contributed by atoms with Crippen molar-refractivity contribution in [3.8, 4) is 5.75 Å². The molecular weight excluding hydrogens is 402 g/mol. The lowest BCUT2D eigenvalue weighted by atomic mass is 10.1. The van der Waals surface area contributed by atoms with Gasteiger partial charge < -0.3 is 20.3 Å². The predicted octanol–water partition coefficient (Wildman–Crippen LogP) is 4.45. The summed E-state index contributed by atoms with van der Waals surface area (Å²) in [4.78, 5) is 25.8. The summed E-state index contributed by atoms with van der Waals surface area (Å²) in [5.41, 5.74) is 3.27. The van der Waals surface area contributed by atoms with Gasteiger partial charge in [0.05, 0.1) is 18.8 Å². The zero-order valence-electron chi connectivity index (χ0n) is 18.5. The Hall–Kier alpha value is -3.80. The Labute approximate surface area is 189 Å². The summed E-state index contributed by atoms with van der Waals surface area (Å²) in [5, 5.41) is 5.97. The number of ether oxygens (including phenoxy) is 1. The Morgan fingerprint density at radius 3 is 2.28 bits per heavy atom. The van der Waals surface area contributed by atoms with Crippen LogP contribution in [0, 0.1) is 0 Å². The summed E-state index contributed by atoms with van der Waals surface area (Å²) < 4.78 is 5.93. The zero-order valence-corrected chi connectivity index (χ0v) is 18.5. The fourth-order valence-electron chi connectivity index (χ4n) is 3.18. The molecule has 0 heterocycles. The molecule has 0 aliphatic rings. The van der Waals surface area contributed by atoms with Gasteiger partial charge in [-0.3, -0.25) is 9.59 Å². The van der Waals surface area contributed by atoms with Crippen LogP contribution in [0.4, 0.5) is 11.4 Å². The molecule has 2 amide bonds. The minimum absolute atomic E-state index is 0.0788. The van der Waals surface area contributed by atoms with E-state index in [9.17, 15) is 9.59 Å². The molecule has 3 aromatic carbocycles. The summed E-state index contributed by atoms with van der Waals surface area (Å²) in [6.07, 6.45) is 1.86. The van der Waals surface area contributed by atoms with Crippen molar-refractivity contribution in [2.75, 3.05) is 37.9 Å². The number of hydrogen-bond donors (Lipinski definition) is 2. The Kier molecular flexibility index (Phi) is 8.26. The van der Waals surface area contributed by atoms with Crippen LogP contribution in [0.1, 0.15) is 22.3 Å². The Morgan fingerprint density at radius 2 is 1.56 bits per heavy atom. The van der Waals surface area contributed by atoms with E-state index < -0.39 is 0 Å². The second-order valence-electron chi connectivity index (χ2n) is 7.61. The van der Waals surface area contributed by atoms with Crippen molar-refractivity contribution in [1.29, 1.82) is 0 Å². The highest BCUT2D eigenvalue weighted by molar-refractivity contribution is 5.96. The smallest absolute Gasteiger partial charge is 0.253 e. The lowest BCUT2D eigenvalue weighted by Crippen LogP contribution is -2.23. The summed E-state index contributed by atoms with van der Waals surface area (Å²) in [6, 6.07) is 24.8. The van der Waals surface area contributed by atoms with Crippen molar-refractivity contribution in [2.24, 2.45) is 0 Å². The van der Waals surface area contributed by atoms with Gasteiger partial charge in [0.2, 0.25) is 5.91 Å². The van der Waals surface area contributed by atoms with E-state index in [0.29, 0.717) is 17.9 Å². The molecule has 32 heavy (non-hydrogen) atoms. The van der Waals surface area contributed by atoms with Crippen LogP contribution in [-0.4, -0.2) is 44.0 Å². The number of carbonyl (C=O) groups is 2. The standard InChI is InChI=1S/C26H29N3O3/c1-29(2)26(31)21-14-16-22(17-15-21)28-25(30)19-27-23-12-6-7-13-24(23)32-18-8-11-20-9-4-3-5-10-20/h3-7,9-10,12-17,27H,8,11,18-19H2,1-2H3,(H,28,30). The zero-order chi connectivity index (χ0) is 22.8. The number of nitrogens with zero attached hydrogens (tertiary/aromatic N) is 1. The SMILES string of the molecule is CN(C)C(=O)c1ccc(NC(=O)CNc2ccccc2OCCCc2ccccc2)cc1. The first-order valence-corrected chi connectivity index (χ1v) is 10.6. The topological polar surface area (TPSA) is 70.7 Å². The molecule has 0 bridgehead atoms. The maximum Gasteiger partial charge on any atom is 0.253 e. The number of amides is 2. The third-order valence-corrected chi connectivity index (χ3v) is 4.86. The lowest BCUT2D eigenvalue weighted by molar-refractivity contribution is -0.114. The largest absolute Gasteiger partial charge is 0.491 e. The Morgan fingerprint density at radius 1 is 0.875 bits per heavy atom. The highest BCUT2D eigenvalue weighted by atomic mass is 16.5. The van der Waals surface area contributed by atoms with Crippen LogP contribution in [0.15, 0.2) is 78.9 Å². The quantitative estimate of drug-likeness (QED) is 0.465. The number of rotatable bonds is 10. The molecule has 0 aliphatic heterocycles. The van der Waals surface area contributed by atoms with Gasteiger partial charge in [-0.05, 0) is 54.8 Å². The van der Waals surface area contributed by atoms with Gasteiger partial charge >= 0.3 is 0 Å². The van der Waals surface area contributed by atoms with Crippen LogP contribution in [0.2, 0.25) is 0 Å². The second-order valence-corrected chi connectivity index (χ2v) is 7.61. The number of carbonyl (C=O) groups excluding carboxylic acids is 2. The molecule has 2 N–H and O–H groups in total. The summed E-state index contributed by atoms with van der Waals surface area (Å²) >= 11 is 0. The fraction of sp³-hybridized carbons (Fsp3) is 0.231. The molecule has 0 atom stereocenters. The van der Waals surface area contributed by atoms with Gasteiger partial charge in [-0.2, -0.15) is 0 Å². The summed E-state index contributed by atoms with van der Waals surface area (Å²) in [6.45, 7) is 0.695. The molecule has 0 saturated carbocycles. The van der Waals surface area contributed by atoms with Crippen molar-refractivity contribution >= 4 is 23.2 Å². The van der Waals surface area contributed by atoms with Crippen LogP contribution in [0.5, 0.6) is 5.75 Å². The molecule has 3 rings (SSSR count). The van der Waals surface area contributed by atoms with Crippen LogP contribution in [0.25, 0.3) is 0 Å². The van der Waals surface area contributed by atoms with Gasteiger partial charge in [0.1, 0.15) is 5.75 Å². The van der Waals surface area contributed by atoms with E-state index in [2.05, 4.69) is 22.8 Å². The van der Waals surface area contributed by atoms with Crippen molar-refractivity contribution in [3.63, 3.8) is 0 Å². The van der Waals surface area contributed by atoms with E-state index in [-0.39, 0.29) is 18.4 Å². The van der Waals surface area contributed by atoms with Crippen molar-refractivity contribution in [3.05, 3.63) is 90.0 Å². The third-order valence-electron chi connectivity index (χ3n) is 4.86. The monoisotopic (exact) mass is 431 g/mol. The van der Waals surface area contributed by atoms with Gasteiger partial charge in [-0.15, -0.1) is 0 Å². The van der Waals surface area contributed by atoms with E-state index in [0.717, 1.165) is 24.3 Å². The number of anilines is 2. The molecule has 6 nitrogen and oxygen atoms in total. The van der Waals surface area contributed by atoms with E-state index in [1.54, 1.807) is 38.4 Å². The lowest BCUT2D eigenvalue weighted by Gasteiger charge is -2.14. The molecule has 0 spiro atoms. The van der Waals surface area contributed by atoms with E-state index >= 15 is 0 Å². The molecule has 6 heteroatoms. The average molecular weight is 432 g/mol. The highest BCUT2D eigenvalue weighted by Crippen LogP contribution is 2.24. The third kappa shape index (κ3) is 6.87. The molecular formula is C26H29N3O3. The molecule has 0 radical (unpaired) electrons. The van der Waals surface area contributed by atoms with Crippen molar-refractivity contribution in [2.45, 2.75) is 12.8 Å². The number of hydrogen-bond acceptors (Lipinski definition) is 4. The van der Waals surface area contributed by atoms with Crippen LogP contribution >= 0.6 is 0 Å². The molecule has 166 valence electrons. The first-order valence-electron chi connectivity index (χ1n) is 10.6. The maximum absolute atomic E-state index is 12.4. The number of benzene rings is 3. The summed E-state index contributed by atoms with van der Waals surface area (Å²) in [5.74, 6) is 0.459. The fourth-order valence-corrected chi connectivity index (χ4v) is 3.18. The van der Waals surface area contributed by atoms with Gasteiger partial charge in [0.15, 0.2) is 0 Å². The van der Waals surface area contributed by atoms with Gasteiger partial charge in [0.25, 0.3) is 5.91 Å². The maximum atomic E-state index is 12.4. The average Bonchev–Trinajstić information content (AvgIpc) is 2.82.